The van der Waals surface area contributed by atoms with Crippen LogP contribution in [0.3, 0.4) is 0 Å². The summed E-state index contributed by atoms with van der Waals surface area (Å²) in [5.74, 6) is 0.274. The maximum Gasteiger partial charge on any atom is 0.276 e. The van der Waals surface area contributed by atoms with Crippen molar-refractivity contribution in [2.75, 3.05) is 36.8 Å². The quantitative estimate of drug-likeness (QED) is 0.284. The second kappa shape index (κ2) is 9.82. The van der Waals surface area contributed by atoms with Gasteiger partial charge in [0, 0.05) is 36.9 Å². The number of thioether (sulfide) groups is 1. The van der Waals surface area contributed by atoms with Crippen LogP contribution in [0, 0.1) is 6.92 Å². The van der Waals surface area contributed by atoms with Gasteiger partial charge in [-0.3, -0.25) is 14.2 Å². The first-order valence-electron chi connectivity index (χ1n) is 11.0. The SMILES string of the molecule is Cc1cc(-n2c(SCC(=O)N3CCN(c4ccccc4)CC3)nc3ccsc3c2=O)ccc1Cl. The summed E-state index contributed by atoms with van der Waals surface area (Å²) in [6, 6.07) is 17.6. The summed E-state index contributed by atoms with van der Waals surface area (Å²) in [4.78, 5) is 35.2. The first kappa shape index (κ1) is 23.0. The smallest absolute Gasteiger partial charge is 0.276 e. The summed E-state index contributed by atoms with van der Waals surface area (Å²) in [5.41, 5.74) is 3.28. The minimum Gasteiger partial charge on any atom is -0.368 e. The van der Waals surface area contributed by atoms with Gasteiger partial charge in [0.1, 0.15) is 4.70 Å². The number of anilines is 1. The van der Waals surface area contributed by atoms with Crippen molar-refractivity contribution in [2.45, 2.75) is 12.1 Å². The lowest BCUT2D eigenvalue weighted by Gasteiger charge is -2.36. The lowest BCUT2D eigenvalue weighted by molar-refractivity contribution is -0.128. The van der Waals surface area contributed by atoms with Crippen LogP contribution in [0.4, 0.5) is 5.69 Å². The summed E-state index contributed by atoms with van der Waals surface area (Å²) < 4.78 is 2.19. The molecule has 174 valence electrons. The van der Waals surface area contributed by atoms with Gasteiger partial charge in [0.2, 0.25) is 5.91 Å². The Labute approximate surface area is 210 Å². The van der Waals surface area contributed by atoms with Gasteiger partial charge >= 0.3 is 0 Å². The molecular weight excluding hydrogens is 488 g/mol. The lowest BCUT2D eigenvalue weighted by atomic mass is 10.2. The van der Waals surface area contributed by atoms with Crippen LogP contribution in [0.1, 0.15) is 5.56 Å². The molecule has 0 aliphatic carbocycles. The van der Waals surface area contributed by atoms with E-state index in [1.807, 2.05) is 53.6 Å². The number of hydrogen-bond donors (Lipinski definition) is 0. The van der Waals surface area contributed by atoms with Gasteiger partial charge in [-0.1, -0.05) is 41.6 Å². The molecule has 1 saturated heterocycles. The summed E-state index contributed by atoms with van der Waals surface area (Å²) in [6.45, 7) is 4.85. The van der Waals surface area contributed by atoms with Crippen LogP contribution in [-0.4, -0.2) is 52.3 Å². The molecule has 0 atom stereocenters. The number of para-hydroxylation sites is 1. The van der Waals surface area contributed by atoms with Crippen molar-refractivity contribution < 1.29 is 4.79 Å². The Balaban J connectivity index is 1.34. The van der Waals surface area contributed by atoms with E-state index < -0.39 is 0 Å². The fourth-order valence-corrected chi connectivity index (χ4v) is 5.85. The number of carbonyl (C=O) groups excluding carboxylic acids is 1. The van der Waals surface area contributed by atoms with Crippen molar-refractivity contribution in [2.24, 2.45) is 0 Å². The van der Waals surface area contributed by atoms with Crippen molar-refractivity contribution >= 4 is 56.5 Å². The van der Waals surface area contributed by atoms with E-state index in [1.54, 1.807) is 10.6 Å². The second-order valence-corrected chi connectivity index (χ2v) is 10.4. The molecule has 0 saturated carbocycles. The highest BCUT2D eigenvalue weighted by molar-refractivity contribution is 7.99. The first-order chi connectivity index (χ1) is 16.5. The van der Waals surface area contributed by atoms with Gasteiger partial charge in [-0.25, -0.2) is 4.98 Å². The minimum atomic E-state index is -0.131. The highest BCUT2D eigenvalue weighted by Gasteiger charge is 2.23. The summed E-state index contributed by atoms with van der Waals surface area (Å²) in [7, 11) is 0. The van der Waals surface area contributed by atoms with Crippen LogP contribution in [0.2, 0.25) is 5.02 Å². The van der Waals surface area contributed by atoms with E-state index in [9.17, 15) is 9.59 Å². The molecular formula is C25H23ClN4O2S2. The topological polar surface area (TPSA) is 58.4 Å². The molecule has 6 nitrogen and oxygen atoms in total. The van der Waals surface area contributed by atoms with Crippen LogP contribution in [-0.2, 0) is 4.79 Å². The van der Waals surface area contributed by atoms with E-state index in [0.29, 0.717) is 39.2 Å². The molecule has 9 heteroatoms. The minimum absolute atomic E-state index is 0.0520. The van der Waals surface area contributed by atoms with E-state index in [0.717, 1.165) is 18.7 Å². The zero-order chi connectivity index (χ0) is 23.7. The monoisotopic (exact) mass is 510 g/mol. The molecule has 1 fully saturated rings. The van der Waals surface area contributed by atoms with Crippen LogP contribution in [0.15, 0.2) is 69.9 Å². The molecule has 0 N–H and O–H groups in total. The number of piperazine rings is 1. The molecule has 0 spiro atoms. The number of rotatable bonds is 5. The molecule has 0 unspecified atom stereocenters. The molecule has 0 bridgehead atoms. The second-order valence-electron chi connectivity index (χ2n) is 8.10. The molecule has 5 rings (SSSR count). The van der Waals surface area contributed by atoms with E-state index >= 15 is 0 Å². The zero-order valence-electron chi connectivity index (χ0n) is 18.6. The Morgan fingerprint density at radius 1 is 1.06 bits per heavy atom. The molecule has 2 aromatic carbocycles. The summed E-state index contributed by atoms with van der Waals surface area (Å²) in [5, 5.41) is 3.01. The van der Waals surface area contributed by atoms with Crippen molar-refractivity contribution in [3.8, 4) is 5.69 Å². The Bertz CT molecular complexity index is 1400. The number of hydrogen-bond acceptors (Lipinski definition) is 6. The lowest BCUT2D eigenvalue weighted by Crippen LogP contribution is -2.49. The standard InChI is InChI=1S/C25H23ClN4O2S2/c1-17-15-19(7-8-20(17)26)30-24(32)23-21(9-14-33-23)27-25(30)34-16-22(31)29-12-10-28(11-13-29)18-5-3-2-4-6-18/h2-9,14-15H,10-13,16H2,1H3. The van der Waals surface area contributed by atoms with E-state index in [1.165, 1.54) is 28.8 Å². The normalized spacial score (nSPS) is 14.1. The van der Waals surface area contributed by atoms with Crippen LogP contribution < -0.4 is 10.5 Å². The van der Waals surface area contributed by atoms with Gasteiger partial charge in [0.15, 0.2) is 5.16 Å². The average Bonchev–Trinajstić information content (AvgIpc) is 3.34. The van der Waals surface area contributed by atoms with Gasteiger partial charge < -0.3 is 9.80 Å². The number of nitrogens with zero attached hydrogens (tertiary/aromatic N) is 4. The van der Waals surface area contributed by atoms with Gasteiger partial charge in [-0.05, 0) is 54.3 Å². The Kier molecular flexibility index (Phi) is 6.63. The van der Waals surface area contributed by atoms with E-state index in [4.69, 9.17) is 16.6 Å². The van der Waals surface area contributed by atoms with Crippen molar-refractivity contribution in [3.63, 3.8) is 0 Å². The Morgan fingerprint density at radius 2 is 1.82 bits per heavy atom. The molecule has 1 aliphatic rings. The van der Waals surface area contributed by atoms with Gasteiger partial charge in [0.05, 0.1) is 17.0 Å². The summed E-state index contributed by atoms with van der Waals surface area (Å²) in [6.07, 6.45) is 0. The number of aromatic nitrogens is 2. The first-order valence-corrected chi connectivity index (χ1v) is 13.2. The number of fused-ring (bicyclic) bond motifs is 1. The summed E-state index contributed by atoms with van der Waals surface area (Å²) >= 11 is 8.88. The molecule has 0 radical (unpaired) electrons. The molecule has 4 aromatic rings. The van der Waals surface area contributed by atoms with Crippen LogP contribution >= 0.6 is 34.7 Å². The van der Waals surface area contributed by atoms with Gasteiger partial charge in [-0.2, -0.15) is 0 Å². The average molecular weight is 511 g/mol. The van der Waals surface area contributed by atoms with Gasteiger partial charge in [0.25, 0.3) is 5.56 Å². The predicted octanol–water partition coefficient (Wildman–Crippen LogP) is 4.85. The van der Waals surface area contributed by atoms with E-state index in [-0.39, 0.29) is 17.2 Å². The van der Waals surface area contributed by atoms with Crippen molar-refractivity contribution in [3.05, 3.63) is 80.9 Å². The highest BCUT2D eigenvalue weighted by atomic mass is 35.5. The molecule has 3 heterocycles. The predicted molar refractivity (Wildman–Crippen MR) is 141 cm³/mol. The number of halogens is 1. The maximum atomic E-state index is 13.3. The Morgan fingerprint density at radius 3 is 2.56 bits per heavy atom. The number of benzene rings is 2. The van der Waals surface area contributed by atoms with Crippen LogP contribution in [0.25, 0.3) is 15.9 Å². The van der Waals surface area contributed by atoms with Gasteiger partial charge in [-0.15, -0.1) is 11.3 Å². The molecule has 1 amide bonds. The van der Waals surface area contributed by atoms with Crippen molar-refractivity contribution in [1.29, 1.82) is 0 Å². The Hall–Kier alpha value is -2.81. The zero-order valence-corrected chi connectivity index (χ0v) is 21.0. The number of amides is 1. The fraction of sp³-hybridized carbons (Fsp3) is 0.240. The molecule has 1 aliphatic heterocycles. The number of carbonyl (C=O) groups is 1. The number of thiophene rings is 1. The third-order valence-corrected chi connectivity index (χ3v) is 8.17. The maximum absolute atomic E-state index is 13.3. The molecule has 2 aromatic heterocycles. The van der Waals surface area contributed by atoms with E-state index in [2.05, 4.69) is 17.0 Å². The molecule has 34 heavy (non-hydrogen) atoms. The number of aryl methyl sites for hydroxylation is 1. The highest BCUT2D eigenvalue weighted by Crippen LogP contribution is 2.26. The third kappa shape index (κ3) is 4.58. The fourth-order valence-electron chi connectivity index (χ4n) is 4.05. The largest absolute Gasteiger partial charge is 0.368 e. The third-order valence-electron chi connectivity index (χ3n) is 5.93. The van der Waals surface area contributed by atoms with Crippen molar-refractivity contribution in [1.82, 2.24) is 14.5 Å². The van der Waals surface area contributed by atoms with Crippen LogP contribution in [0.5, 0.6) is 0 Å².